The minimum atomic E-state index is -1.54. The molecule has 0 saturated carbocycles. The highest BCUT2D eigenvalue weighted by atomic mass is 32.2. The van der Waals surface area contributed by atoms with E-state index in [0.29, 0.717) is 11.8 Å². The van der Waals surface area contributed by atoms with Gasteiger partial charge in [-0.15, -0.1) is 0 Å². The Morgan fingerprint density at radius 2 is 2.00 bits per heavy atom. The van der Waals surface area contributed by atoms with E-state index >= 15 is 0 Å². The molecule has 0 rings (SSSR count). The fourth-order valence-electron chi connectivity index (χ4n) is 0.286. The van der Waals surface area contributed by atoms with E-state index in [1.165, 1.54) is 0 Å². The predicted octanol–water partition coefficient (Wildman–Crippen LogP) is -1.32. The number of carboxylic acid groups (broad SMARTS) is 1. The van der Waals surface area contributed by atoms with Gasteiger partial charge in [0.15, 0.2) is 0 Å². The molecule has 0 aliphatic heterocycles. The number of aliphatic carboxylic acids is 1. The lowest BCUT2D eigenvalue weighted by molar-refractivity contribution is -0.144. The fourth-order valence-corrected chi connectivity index (χ4v) is 0.859. The third-order valence-corrected chi connectivity index (χ3v) is 1.78. The molecule has 0 aromatic heterocycles. The summed E-state index contributed by atoms with van der Waals surface area (Å²) in [4.78, 5) is 20.2. The Balaban J connectivity index is 3.54. The van der Waals surface area contributed by atoms with E-state index in [-0.39, 0.29) is 5.75 Å². The monoisotopic (exact) mass is 180 g/mol. The standard InChI is InChI=1S/C5H8O5S/c6-1-3(7)2-11-5(10)4(8)9/h3,6-7H,1-2H2,(H,8,9). The second-order valence-corrected chi connectivity index (χ2v) is 2.73. The number of aliphatic hydroxyl groups is 2. The Hall–Kier alpha value is -0.590. The average molecular weight is 180 g/mol. The second-order valence-electron chi connectivity index (χ2n) is 1.74. The van der Waals surface area contributed by atoms with Crippen LogP contribution in [-0.4, -0.2) is 44.9 Å². The van der Waals surface area contributed by atoms with Crippen molar-refractivity contribution in [2.24, 2.45) is 0 Å². The second kappa shape index (κ2) is 5.11. The maximum absolute atomic E-state index is 10.3. The van der Waals surface area contributed by atoms with Gasteiger partial charge in [-0.1, -0.05) is 11.8 Å². The molecule has 64 valence electrons. The molecule has 0 bridgehead atoms. The van der Waals surface area contributed by atoms with Gasteiger partial charge in [-0.3, -0.25) is 4.79 Å². The number of hydrogen-bond donors (Lipinski definition) is 3. The average Bonchev–Trinajstić information content (AvgIpc) is 1.99. The molecule has 0 aliphatic rings. The molecule has 1 atom stereocenters. The summed E-state index contributed by atoms with van der Waals surface area (Å²) in [6.07, 6.45) is -1.04. The van der Waals surface area contributed by atoms with Crippen LogP contribution in [0.2, 0.25) is 0 Å². The smallest absolute Gasteiger partial charge is 0.383 e. The third kappa shape index (κ3) is 4.77. The van der Waals surface area contributed by atoms with Crippen LogP contribution >= 0.6 is 11.8 Å². The van der Waals surface area contributed by atoms with Crippen molar-refractivity contribution in [2.75, 3.05) is 12.4 Å². The first-order valence-electron chi connectivity index (χ1n) is 2.77. The molecule has 0 amide bonds. The van der Waals surface area contributed by atoms with E-state index < -0.39 is 23.8 Å². The molecule has 0 saturated heterocycles. The van der Waals surface area contributed by atoms with Crippen molar-refractivity contribution in [1.82, 2.24) is 0 Å². The van der Waals surface area contributed by atoms with Gasteiger partial charge in [0.25, 0.3) is 5.12 Å². The molecule has 11 heavy (non-hydrogen) atoms. The van der Waals surface area contributed by atoms with Crippen LogP contribution in [0, 0.1) is 0 Å². The zero-order chi connectivity index (χ0) is 8.85. The van der Waals surface area contributed by atoms with Crippen molar-refractivity contribution >= 4 is 22.8 Å². The highest BCUT2D eigenvalue weighted by Gasteiger charge is 2.13. The molecule has 0 fully saturated rings. The highest BCUT2D eigenvalue weighted by molar-refractivity contribution is 8.15. The summed E-state index contributed by atoms with van der Waals surface area (Å²) in [6, 6.07) is 0. The summed E-state index contributed by atoms with van der Waals surface area (Å²) >= 11 is 0.469. The molecule has 0 aromatic carbocycles. The molecule has 5 nitrogen and oxygen atoms in total. The van der Waals surface area contributed by atoms with Gasteiger partial charge in [0.2, 0.25) is 0 Å². The molecule has 0 spiro atoms. The topological polar surface area (TPSA) is 94.8 Å². The maximum atomic E-state index is 10.3. The van der Waals surface area contributed by atoms with Crippen LogP contribution in [-0.2, 0) is 9.59 Å². The molecular formula is C5H8O5S. The van der Waals surface area contributed by atoms with Crippen molar-refractivity contribution in [2.45, 2.75) is 6.10 Å². The molecular weight excluding hydrogens is 172 g/mol. The molecule has 6 heteroatoms. The number of carbonyl (C=O) groups is 2. The Morgan fingerprint density at radius 3 is 2.36 bits per heavy atom. The van der Waals surface area contributed by atoms with Gasteiger partial charge in [-0.05, 0) is 0 Å². The van der Waals surface area contributed by atoms with Gasteiger partial charge in [-0.2, -0.15) is 0 Å². The Kier molecular flexibility index (Phi) is 4.84. The van der Waals surface area contributed by atoms with Crippen LogP contribution < -0.4 is 0 Å². The highest BCUT2D eigenvalue weighted by Crippen LogP contribution is 2.03. The summed E-state index contributed by atoms with van der Waals surface area (Å²) in [5, 5.41) is 24.0. The minimum absolute atomic E-state index is 0.0956. The van der Waals surface area contributed by atoms with Crippen LogP contribution in [0.5, 0.6) is 0 Å². The maximum Gasteiger partial charge on any atom is 0.383 e. The van der Waals surface area contributed by atoms with Gasteiger partial charge in [0.1, 0.15) is 0 Å². The zero-order valence-corrected chi connectivity index (χ0v) is 6.37. The van der Waals surface area contributed by atoms with Crippen LogP contribution in [0.25, 0.3) is 0 Å². The first kappa shape index (κ1) is 10.4. The van der Waals surface area contributed by atoms with E-state index in [4.69, 9.17) is 15.3 Å². The number of carbonyl (C=O) groups excluding carboxylic acids is 1. The van der Waals surface area contributed by atoms with Crippen LogP contribution in [0.3, 0.4) is 0 Å². The summed E-state index contributed by atoms with van der Waals surface area (Å²) < 4.78 is 0. The van der Waals surface area contributed by atoms with Gasteiger partial charge >= 0.3 is 5.97 Å². The summed E-state index contributed by atoms with van der Waals surface area (Å²) in [7, 11) is 0. The Labute approximate surface area is 67.0 Å². The van der Waals surface area contributed by atoms with Crippen molar-refractivity contribution in [1.29, 1.82) is 0 Å². The number of carboxylic acids is 1. The largest absolute Gasteiger partial charge is 0.475 e. The number of thioether (sulfide) groups is 1. The SMILES string of the molecule is O=C(O)C(=O)SCC(O)CO. The first-order valence-corrected chi connectivity index (χ1v) is 3.75. The molecule has 0 heterocycles. The number of rotatable bonds is 3. The lowest BCUT2D eigenvalue weighted by atomic mass is 10.4. The molecule has 1 unspecified atom stereocenters. The number of aliphatic hydroxyl groups excluding tert-OH is 2. The van der Waals surface area contributed by atoms with E-state index in [9.17, 15) is 9.59 Å². The van der Waals surface area contributed by atoms with E-state index in [0.717, 1.165) is 0 Å². The lowest BCUT2D eigenvalue weighted by Crippen LogP contribution is -2.18. The Bertz CT molecular complexity index is 157. The van der Waals surface area contributed by atoms with Gasteiger partial charge in [-0.25, -0.2) is 4.79 Å². The normalized spacial score (nSPS) is 12.5. The molecule has 0 aliphatic carbocycles. The Morgan fingerprint density at radius 1 is 1.45 bits per heavy atom. The predicted molar refractivity (Wildman–Crippen MR) is 38.2 cm³/mol. The molecule has 0 radical (unpaired) electrons. The first-order chi connectivity index (χ1) is 5.07. The lowest BCUT2D eigenvalue weighted by Gasteiger charge is -2.02. The van der Waals surface area contributed by atoms with E-state index in [1.807, 2.05) is 0 Å². The van der Waals surface area contributed by atoms with Gasteiger partial charge in [0, 0.05) is 5.75 Å². The van der Waals surface area contributed by atoms with E-state index in [2.05, 4.69) is 0 Å². The van der Waals surface area contributed by atoms with Gasteiger partial charge in [0.05, 0.1) is 12.7 Å². The zero-order valence-electron chi connectivity index (χ0n) is 5.56. The van der Waals surface area contributed by atoms with Crippen LogP contribution in [0.1, 0.15) is 0 Å². The quantitative estimate of drug-likeness (QED) is 0.466. The van der Waals surface area contributed by atoms with Crippen molar-refractivity contribution < 1.29 is 24.9 Å². The summed E-state index contributed by atoms with van der Waals surface area (Å²) in [5.74, 6) is -1.64. The minimum Gasteiger partial charge on any atom is -0.475 e. The summed E-state index contributed by atoms with van der Waals surface area (Å²) in [6.45, 7) is -0.472. The molecule has 0 aromatic rings. The third-order valence-electron chi connectivity index (χ3n) is 0.792. The van der Waals surface area contributed by atoms with E-state index in [1.54, 1.807) is 0 Å². The van der Waals surface area contributed by atoms with Crippen molar-refractivity contribution in [3.05, 3.63) is 0 Å². The van der Waals surface area contributed by atoms with Crippen molar-refractivity contribution in [3.63, 3.8) is 0 Å². The van der Waals surface area contributed by atoms with Crippen molar-refractivity contribution in [3.8, 4) is 0 Å². The molecule has 3 N–H and O–H groups in total. The summed E-state index contributed by atoms with van der Waals surface area (Å²) in [5.41, 5.74) is 0. The number of hydrogen-bond acceptors (Lipinski definition) is 5. The fraction of sp³-hybridized carbons (Fsp3) is 0.600. The van der Waals surface area contributed by atoms with Crippen LogP contribution in [0.4, 0.5) is 0 Å². The van der Waals surface area contributed by atoms with Gasteiger partial charge < -0.3 is 15.3 Å². The van der Waals surface area contributed by atoms with Crippen LogP contribution in [0.15, 0.2) is 0 Å².